The van der Waals surface area contributed by atoms with E-state index in [-0.39, 0.29) is 0 Å². The quantitative estimate of drug-likeness (QED) is 0.905. The lowest BCUT2D eigenvalue weighted by atomic mass is 10.2. The number of nitrogens with one attached hydrogen (secondary N) is 2. The molecule has 6 heteroatoms. The number of hydrogen-bond donors (Lipinski definition) is 2. The Kier molecular flexibility index (Phi) is 3.33. The standard InChI is InChI=1S/C13H14ClN3OS/c1-7-6-19-12(14)10(7)16-13-15-8-4-3-5-9(18-2)11(8)17-13/h3-5,7H,6H2,1-2H3,(H2,15,16,17). The summed E-state index contributed by atoms with van der Waals surface area (Å²) in [5.41, 5.74) is 2.80. The topological polar surface area (TPSA) is 49.9 Å². The van der Waals surface area contributed by atoms with E-state index in [1.54, 1.807) is 18.9 Å². The third-order valence-electron chi connectivity index (χ3n) is 3.11. The number of ether oxygens (including phenoxy) is 1. The van der Waals surface area contributed by atoms with Crippen LogP contribution in [0.15, 0.2) is 28.3 Å². The van der Waals surface area contributed by atoms with E-state index >= 15 is 0 Å². The van der Waals surface area contributed by atoms with Gasteiger partial charge in [0.25, 0.3) is 0 Å². The maximum atomic E-state index is 6.19. The summed E-state index contributed by atoms with van der Waals surface area (Å²) in [6.07, 6.45) is 0. The molecule has 0 saturated carbocycles. The maximum Gasteiger partial charge on any atom is 0.205 e. The number of fused-ring (bicyclic) bond motifs is 1. The molecule has 19 heavy (non-hydrogen) atoms. The van der Waals surface area contributed by atoms with Crippen molar-refractivity contribution in [1.29, 1.82) is 0 Å². The molecule has 0 amide bonds. The third-order valence-corrected chi connectivity index (χ3v) is 4.78. The summed E-state index contributed by atoms with van der Waals surface area (Å²) >= 11 is 7.86. The Morgan fingerprint density at radius 3 is 3.05 bits per heavy atom. The number of H-pyrrole nitrogens is 1. The Morgan fingerprint density at radius 2 is 2.37 bits per heavy atom. The summed E-state index contributed by atoms with van der Waals surface area (Å²) in [5.74, 6) is 2.87. The highest BCUT2D eigenvalue weighted by Gasteiger charge is 2.22. The van der Waals surface area contributed by atoms with Gasteiger partial charge in [-0.1, -0.05) is 24.6 Å². The molecule has 1 aliphatic heterocycles. The van der Waals surface area contributed by atoms with Gasteiger partial charge in [0.2, 0.25) is 5.95 Å². The van der Waals surface area contributed by atoms with Crippen LogP contribution in [0.4, 0.5) is 5.95 Å². The molecule has 1 unspecified atom stereocenters. The Balaban J connectivity index is 1.96. The minimum absolute atomic E-state index is 0.410. The Morgan fingerprint density at radius 1 is 1.53 bits per heavy atom. The number of anilines is 1. The molecule has 1 atom stereocenters. The molecule has 0 fully saturated rings. The highest BCUT2D eigenvalue weighted by atomic mass is 35.5. The highest BCUT2D eigenvalue weighted by molar-refractivity contribution is 8.04. The molecule has 0 saturated heterocycles. The zero-order chi connectivity index (χ0) is 13.4. The molecule has 2 aromatic rings. The molecule has 0 spiro atoms. The number of halogens is 1. The van der Waals surface area contributed by atoms with Crippen LogP contribution in [-0.4, -0.2) is 22.8 Å². The molecule has 4 nitrogen and oxygen atoms in total. The smallest absolute Gasteiger partial charge is 0.205 e. The molecule has 1 aromatic heterocycles. The average molecular weight is 296 g/mol. The van der Waals surface area contributed by atoms with Crippen molar-refractivity contribution in [3.63, 3.8) is 0 Å². The van der Waals surface area contributed by atoms with E-state index in [2.05, 4.69) is 22.2 Å². The number of thioether (sulfide) groups is 1. The van der Waals surface area contributed by atoms with Crippen molar-refractivity contribution < 1.29 is 4.74 Å². The number of rotatable bonds is 3. The third kappa shape index (κ3) is 2.28. The lowest BCUT2D eigenvalue weighted by molar-refractivity contribution is 0.419. The number of imidazole rings is 1. The Bertz CT molecular complexity index is 652. The van der Waals surface area contributed by atoms with Crippen LogP contribution in [0.1, 0.15) is 6.92 Å². The largest absolute Gasteiger partial charge is 0.494 e. The molecular weight excluding hydrogens is 282 g/mol. The summed E-state index contributed by atoms with van der Waals surface area (Å²) in [5, 5.41) is 3.29. The fourth-order valence-corrected chi connectivity index (χ4v) is 3.48. The molecule has 1 aliphatic rings. The summed E-state index contributed by atoms with van der Waals surface area (Å²) in [6, 6.07) is 5.80. The second kappa shape index (κ2) is 4.98. The van der Waals surface area contributed by atoms with Gasteiger partial charge in [-0.15, -0.1) is 11.8 Å². The van der Waals surface area contributed by atoms with Crippen molar-refractivity contribution in [3.8, 4) is 5.75 Å². The molecule has 3 rings (SSSR count). The fraction of sp³-hybridized carbons (Fsp3) is 0.308. The SMILES string of the molecule is COc1cccc2[nH]c(NC3=C(Cl)SCC3C)nc12. The predicted molar refractivity (Wildman–Crippen MR) is 80.8 cm³/mol. The summed E-state index contributed by atoms with van der Waals surface area (Å²) in [7, 11) is 1.64. The first-order valence-electron chi connectivity index (χ1n) is 6.01. The maximum absolute atomic E-state index is 6.19. The molecule has 0 aliphatic carbocycles. The minimum Gasteiger partial charge on any atom is -0.494 e. The van der Waals surface area contributed by atoms with Crippen LogP contribution in [-0.2, 0) is 0 Å². The van der Waals surface area contributed by atoms with Crippen LogP contribution in [0.25, 0.3) is 11.0 Å². The lowest BCUT2D eigenvalue weighted by Crippen LogP contribution is -2.08. The molecule has 0 radical (unpaired) electrons. The van der Waals surface area contributed by atoms with Crippen molar-refractivity contribution in [1.82, 2.24) is 9.97 Å². The van der Waals surface area contributed by atoms with Crippen molar-refractivity contribution in [3.05, 3.63) is 28.3 Å². The summed E-state index contributed by atoms with van der Waals surface area (Å²) in [4.78, 5) is 7.76. The molecular formula is C13H14ClN3OS. The van der Waals surface area contributed by atoms with Gasteiger partial charge in [0.05, 0.1) is 17.0 Å². The van der Waals surface area contributed by atoms with Gasteiger partial charge in [-0.3, -0.25) is 0 Å². The van der Waals surface area contributed by atoms with Gasteiger partial charge in [0.1, 0.15) is 11.3 Å². The van der Waals surface area contributed by atoms with Crippen molar-refractivity contribution >= 4 is 40.3 Å². The van der Waals surface area contributed by atoms with E-state index in [4.69, 9.17) is 16.3 Å². The number of methoxy groups -OCH3 is 1. The Hall–Kier alpha value is -1.33. The van der Waals surface area contributed by atoms with Gasteiger partial charge in [-0.25, -0.2) is 4.98 Å². The van der Waals surface area contributed by atoms with Gasteiger partial charge in [0, 0.05) is 17.4 Å². The first-order chi connectivity index (χ1) is 9.19. The van der Waals surface area contributed by atoms with Crippen molar-refractivity contribution in [2.75, 3.05) is 18.2 Å². The van der Waals surface area contributed by atoms with Crippen molar-refractivity contribution in [2.45, 2.75) is 6.92 Å². The zero-order valence-corrected chi connectivity index (χ0v) is 12.2. The van der Waals surface area contributed by atoms with E-state index in [9.17, 15) is 0 Å². The van der Waals surface area contributed by atoms with Gasteiger partial charge in [0.15, 0.2) is 0 Å². The average Bonchev–Trinajstić information content (AvgIpc) is 2.96. The molecule has 100 valence electrons. The van der Waals surface area contributed by atoms with E-state index in [0.29, 0.717) is 11.9 Å². The monoisotopic (exact) mass is 295 g/mol. The highest BCUT2D eigenvalue weighted by Crippen LogP contribution is 2.38. The van der Waals surface area contributed by atoms with Crippen LogP contribution >= 0.6 is 23.4 Å². The second-order valence-corrected chi connectivity index (χ2v) is 6.10. The number of aromatic amines is 1. The van der Waals surface area contributed by atoms with Gasteiger partial charge >= 0.3 is 0 Å². The van der Waals surface area contributed by atoms with Gasteiger partial charge < -0.3 is 15.0 Å². The molecule has 0 bridgehead atoms. The van der Waals surface area contributed by atoms with Crippen molar-refractivity contribution in [2.24, 2.45) is 5.92 Å². The molecule has 2 heterocycles. The predicted octanol–water partition coefficient (Wildman–Crippen LogP) is 3.77. The van der Waals surface area contributed by atoms with Crippen LogP contribution in [0.5, 0.6) is 5.75 Å². The normalized spacial score (nSPS) is 19.2. The number of allylic oxidation sites excluding steroid dienone is 1. The minimum atomic E-state index is 0.410. The van der Waals surface area contributed by atoms with Crippen LogP contribution < -0.4 is 10.1 Å². The zero-order valence-electron chi connectivity index (χ0n) is 10.7. The van der Waals surface area contributed by atoms with Gasteiger partial charge in [-0.05, 0) is 12.1 Å². The first kappa shape index (κ1) is 12.7. The van der Waals surface area contributed by atoms with E-state index in [0.717, 1.165) is 32.6 Å². The van der Waals surface area contributed by atoms with Crippen LogP contribution in [0.2, 0.25) is 0 Å². The summed E-state index contributed by atoms with van der Waals surface area (Å²) < 4.78 is 6.12. The van der Waals surface area contributed by atoms with E-state index < -0.39 is 0 Å². The van der Waals surface area contributed by atoms with E-state index in [1.807, 2.05) is 18.2 Å². The molecule has 1 aromatic carbocycles. The first-order valence-corrected chi connectivity index (χ1v) is 7.37. The number of aromatic nitrogens is 2. The number of nitrogens with zero attached hydrogens (tertiary/aromatic N) is 1. The van der Waals surface area contributed by atoms with Crippen LogP contribution in [0, 0.1) is 5.92 Å². The summed E-state index contributed by atoms with van der Waals surface area (Å²) in [6.45, 7) is 2.15. The van der Waals surface area contributed by atoms with Crippen LogP contribution in [0.3, 0.4) is 0 Å². The van der Waals surface area contributed by atoms with Gasteiger partial charge in [-0.2, -0.15) is 0 Å². The van der Waals surface area contributed by atoms with E-state index in [1.165, 1.54) is 0 Å². The molecule has 2 N–H and O–H groups in total. The number of hydrogen-bond acceptors (Lipinski definition) is 4. The number of para-hydroxylation sites is 1. The Labute approximate surface area is 120 Å². The second-order valence-electron chi connectivity index (χ2n) is 4.47. The fourth-order valence-electron chi connectivity index (χ4n) is 2.08. The lowest BCUT2D eigenvalue weighted by Gasteiger charge is -2.08. The number of benzene rings is 1.